The Morgan fingerprint density at radius 1 is 1.32 bits per heavy atom. The minimum atomic E-state index is -0.486. The first kappa shape index (κ1) is 13.3. The molecule has 7 heteroatoms. The number of amides is 1. The molecule has 0 aliphatic rings. The number of carbonyl (C=O) groups is 1. The fraction of sp³-hybridized carbons (Fsp3) is 0. The number of hydrogen-bond donors (Lipinski definition) is 3. The van der Waals surface area contributed by atoms with Gasteiger partial charge in [-0.05, 0) is 30.3 Å². The molecule has 0 unspecified atom stereocenters. The Hall–Kier alpha value is -2.18. The highest BCUT2D eigenvalue weighted by molar-refractivity contribution is 6.33. The highest BCUT2D eigenvalue weighted by atomic mass is 35.5. The summed E-state index contributed by atoms with van der Waals surface area (Å²) in [6.45, 7) is 0. The maximum atomic E-state index is 13.1. The molecule has 1 aromatic heterocycles. The lowest BCUT2D eigenvalue weighted by molar-refractivity contribution is 0.102. The number of nitrogens with two attached hydrogens (primary N) is 1. The molecular weight excluding hydrogens is 271 g/mol. The highest BCUT2D eigenvalue weighted by Crippen LogP contribution is 2.23. The standard InChI is InChI=1S/C12H10ClFN4O/c13-9-3-2-8(14)5-10(9)17-12(19)7-1-4-11(18-15)16-6-7/h1-6H,15H2,(H,16,18)(H,17,19). The van der Waals surface area contributed by atoms with Gasteiger partial charge in [-0.2, -0.15) is 0 Å². The van der Waals surface area contributed by atoms with Gasteiger partial charge in [0.2, 0.25) is 0 Å². The van der Waals surface area contributed by atoms with Crippen molar-refractivity contribution in [3.8, 4) is 0 Å². The average Bonchev–Trinajstić information content (AvgIpc) is 2.43. The van der Waals surface area contributed by atoms with E-state index in [2.05, 4.69) is 15.7 Å². The Bertz CT molecular complexity index is 603. The second-order valence-electron chi connectivity index (χ2n) is 3.65. The molecule has 1 amide bonds. The maximum absolute atomic E-state index is 13.1. The van der Waals surface area contributed by atoms with Gasteiger partial charge in [-0.3, -0.25) is 4.79 Å². The predicted octanol–water partition coefficient (Wildman–Crippen LogP) is 2.41. The van der Waals surface area contributed by atoms with E-state index in [0.29, 0.717) is 11.4 Å². The maximum Gasteiger partial charge on any atom is 0.257 e. The third-order valence-electron chi connectivity index (χ3n) is 2.35. The van der Waals surface area contributed by atoms with E-state index in [4.69, 9.17) is 17.4 Å². The van der Waals surface area contributed by atoms with Crippen LogP contribution in [0.2, 0.25) is 5.02 Å². The van der Waals surface area contributed by atoms with Crippen molar-refractivity contribution in [3.05, 3.63) is 52.9 Å². The summed E-state index contributed by atoms with van der Waals surface area (Å²) in [4.78, 5) is 15.8. The summed E-state index contributed by atoms with van der Waals surface area (Å²) in [5.74, 6) is 4.67. The van der Waals surface area contributed by atoms with E-state index in [1.165, 1.54) is 24.4 Å². The molecule has 4 N–H and O–H groups in total. The quantitative estimate of drug-likeness (QED) is 0.596. The number of pyridine rings is 1. The Morgan fingerprint density at radius 3 is 2.74 bits per heavy atom. The molecule has 0 aliphatic heterocycles. The Labute approximate surface area is 113 Å². The van der Waals surface area contributed by atoms with Crippen molar-refractivity contribution in [2.45, 2.75) is 0 Å². The number of nitrogens with one attached hydrogen (secondary N) is 2. The van der Waals surface area contributed by atoms with Gasteiger partial charge in [0.15, 0.2) is 0 Å². The first-order valence-electron chi connectivity index (χ1n) is 5.29. The van der Waals surface area contributed by atoms with Crippen LogP contribution in [0.25, 0.3) is 0 Å². The van der Waals surface area contributed by atoms with Crippen LogP contribution in [0.1, 0.15) is 10.4 Å². The van der Waals surface area contributed by atoms with Crippen molar-refractivity contribution >= 4 is 29.0 Å². The monoisotopic (exact) mass is 280 g/mol. The van der Waals surface area contributed by atoms with Crippen molar-refractivity contribution in [1.29, 1.82) is 0 Å². The Morgan fingerprint density at radius 2 is 2.11 bits per heavy atom. The van der Waals surface area contributed by atoms with Gasteiger partial charge in [0.05, 0.1) is 16.3 Å². The minimum absolute atomic E-state index is 0.202. The Kier molecular flexibility index (Phi) is 3.94. The molecule has 0 spiro atoms. The topological polar surface area (TPSA) is 80.0 Å². The van der Waals surface area contributed by atoms with Crippen LogP contribution in [-0.2, 0) is 0 Å². The first-order valence-corrected chi connectivity index (χ1v) is 5.67. The van der Waals surface area contributed by atoms with Gasteiger partial charge in [-0.15, -0.1) is 0 Å². The molecule has 1 aromatic carbocycles. The van der Waals surface area contributed by atoms with E-state index in [1.54, 1.807) is 6.07 Å². The number of aromatic nitrogens is 1. The zero-order valence-electron chi connectivity index (χ0n) is 9.65. The Balaban J connectivity index is 2.18. The summed E-state index contributed by atoms with van der Waals surface area (Å²) in [6.07, 6.45) is 1.34. The van der Waals surface area contributed by atoms with Crippen LogP contribution >= 0.6 is 11.6 Å². The number of halogens is 2. The molecule has 0 radical (unpaired) electrons. The molecule has 0 fully saturated rings. The number of benzene rings is 1. The van der Waals surface area contributed by atoms with Crippen LogP contribution in [0.4, 0.5) is 15.9 Å². The van der Waals surface area contributed by atoms with Crippen molar-refractivity contribution in [1.82, 2.24) is 4.98 Å². The lowest BCUT2D eigenvalue weighted by Crippen LogP contribution is -2.14. The molecule has 0 saturated carbocycles. The number of rotatable bonds is 3. The second-order valence-corrected chi connectivity index (χ2v) is 4.06. The number of nitrogens with zero attached hydrogens (tertiary/aromatic N) is 1. The summed E-state index contributed by atoms with van der Waals surface area (Å²) in [5, 5.41) is 2.75. The van der Waals surface area contributed by atoms with Crippen LogP contribution in [0, 0.1) is 5.82 Å². The summed E-state index contributed by atoms with van der Waals surface area (Å²) in [6, 6.07) is 6.80. The van der Waals surface area contributed by atoms with E-state index >= 15 is 0 Å². The van der Waals surface area contributed by atoms with E-state index in [9.17, 15) is 9.18 Å². The predicted molar refractivity (Wildman–Crippen MR) is 71.4 cm³/mol. The molecule has 2 rings (SSSR count). The zero-order valence-corrected chi connectivity index (χ0v) is 10.4. The van der Waals surface area contributed by atoms with Crippen LogP contribution in [0.3, 0.4) is 0 Å². The fourth-order valence-electron chi connectivity index (χ4n) is 1.40. The summed E-state index contributed by atoms with van der Waals surface area (Å²) < 4.78 is 13.1. The SMILES string of the molecule is NNc1ccc(C(=O)Nc2cc(F)ccc2Cl)cn1. The zero-order chi connectivity index (χ0) is 13.8. The van der Waals surface area contributed by atoms with Crippen molar-refractivity contribution in [2.24, 2.45) is 5.84 Å². The molecule has 0 bridgehead atoms. The number of carbonyl (C=O) groups excluding carboxylic acids is 1. The molecule has 0 atom stereocenters. The summed E-state index contributed by atoms with van der Waals surface area (Å²) in [5.41, 5.74) is 2.85. The summed E-state index contributed by atoms with van der Waals surface area (Å²) in [7, 11) is 0. The normalized spacial score (nSPS) is 10.1. The summed E-state index contributed by atoms with van der Waals surface area (Å²) >= 11 is 5.85. The van der Waals surface area contributed by atoms with Crippen LogP contribution < -0.4 is 16.6 Å². The van der Waals surface area contributed by atoms with Crippen molar-refractivity contribution < 1.29 is 9.18 Å². The second kappa shape index (κ2) is 5.64. The van der Waals surface area contributed by atoms with Crippen molar-refractivity contribution in [2.75, 3.05) is 10.7 Å². The number of anilines is 2. The molecule has 1 heterocycles. The lowest BCUT2D eigenvalue weighted by atomic mass is 10.2. The van der Waals surface area contributed by atoms with E-state index in [0.717, 1.165) is 6.07 Å². The van der Waals surface area contributed by atoms with E-state index in [-0.39, 0.29) is 10.7 Å². The van der Waals surface area contributed by atoms with Gasteiger partial charge in [0, 0.05) is 6.20 Å². The minimum Gasteiger partial charge on any atom is -0.320 e. The molecule has 0 saturated heterocycles. The lowest BCUT2D eigenvalue weighted by Gasteiger charge is -2.07. The van der Waals surface area contributed by atoms with Gasteiger partial charge in [-0.25, -0.2) is 15.2 Å². The van der Waals surface area contributed by atoms with E-state index < -0.39 is 11.7 Å². The number of nitrogen functional groups attached to an aromatic ring is 1. The smallest absolute Gasteiger partial charge is 0.257 e. The highest BCUT2D eigenvalue weighted by Gasteiger charge is 2.09. The fourth-order valence-corrected chi connectivity index (χ4v) is 1.57. The molecular formula is C12H10ClFN4O. The largest absolute Gasteiger partial charge is 0.320 e. The molecule has 19 heavy (non-hydrogen) atoms. The first-order chi connectivity index (χ1) is 9.10. The number of hydrogen-bond acceptors (Lipinski definition) is 4. The third-order valence-corrected chi connectivity index (χ3v) is 2.68. The van der Waals surface area contributed by atoms with Crippen LogP contribution in [0.5, 0.6) is 0 Å². The third kappa shape index (κ3) is 3.18. The average molecular weight is 281 g/mol. The van der Waals surface area contributed by atoms with E-state index in [1.807, 2.05) is 0 Å². The molecule has 5 nitrogen and oxygen atoms in total. The van der Waals surface area contributed by atoms with Gasteiger partial charge >= 0.3 is 0 Å². The molecule has 2 aromatic rings. The van der Waals surface area contributed by atoms with Gasteiger partial charge < -0.3 is 10.7 Å². The molecule has 0 aliphatic carbocycles. The van der Waals surface area contributed by atoms with Crippen molar-refractivity contribution in [3.63, 3.8) is 0 Å². The molecule has 98 valence electrons. The van der Waals surface area contributed by atoms with Gasteiger partial charge in [-0.1, -0.05) is 11.6 Å². The van der Waals surface area contributed by atoms with Crippen LogP contribution in [0.15, 0.2) is 36.5 Å². The van der Waals surface area contributed by atoms with Gasteiger partial charge in [0.1, 0.15) is 11.6 Å². The van der Waals surface area contributed by atoms with Gasteiger partial charge in [0.25, 0.3) is 5.91 Å². The van der Waals surface area contributed by atoms with Crippen LogP contribution in [-0.4, -0.2) is 10.9 Å². The number of hydrazine groups is 1.